The van der Waals surface area contributed by atoms with Crippen molar-refractivity contribution in [3.05, 3.63) is 28.2 Å². The van der Waals surface area contributed by atoms with E-state index < -0.39 is 11.7 Å². The molecule has 0 radical (unpaired) electrons. The highest BCUT2D eigenvalue weighted by Gasteiger charge is 2.35. The summed E-state index contributed by atoms with van der Waals surface area (Å²) in [7, 11) is 0. The Morgan fingerprint density at radius 1 is 1.32 bits per heavy atom. The fourth-order valence-corrected chi connectivity index (χ4v) is 3.75. The average Bonchev–Trinajstić information content (AvgIpc) is 2.77. The van der Waals surface area contributed by atoms with Crippen molar-refractivity contribution in [1.29, 1.82) is 0 Å². The van der Waals surface area contributed by atoms with Crippen LogP contribution in [0.25, 0.3) is 0 Å². The summed E-state index contributed by atoms with van der Waals surface area (Å²) in [5.74, 6) is 0. The molecule has 0 aromatic heterocycles. The van der Waals surface area contributed by atoms with Crippen LogP contribution in [0.1, 0.15) is 24.8 Å². The van der Waals surface area contributed by atoms with Crippen LogP contribution in [0.15, 0.2) is 22.7 Å². The molecule has 1 aromatic rings. The number of anilines is 1. The summed E-state index contributed by atoms with van der Waals surface area (Å²) in [4.78, 5) is 0. The van der Waals surface area contributed by atoms with E-state index in [2.05, 4.69) is 21.2 Å². The molecule has 1 nitrogen and oxygen atoms in total. The molecule has 0 aliphatic heterocycles. The van der Waals surface area contributed by atoms with E-state index in [1.54, 1.807) is 17.8 Å². The second-order valence-electron chi connectivity index (χ2n) is 4.64. The first-order chi connectivity index (χ1) is 8.91. The van der Waals surface area contributed by atoms with Crippen molar-refractivity contribution >= 4 is 33.4 Å². The third kappa shape index (κ3) is 3.60. The SMILES string of the molecule is CSC1CCCC1Nc1ccc(Br)cc1C(F)(F)F. The highest BCUT2D eigenvalue weighted by Crippen LogP contribution is 2.38. The predicted molar refractivity (Wildman–Crippen MR) is 77.7 cm³/mol. The molecule has 0 amide bonds. The molecule has 1 aliphatic rings. The molecular formula is C13H15BrF3NS. The minimum absolute atomic E-state index is 0.122. The average molecular weight is 354 g/mol. The Morgan fingerprint density at radius 3 is 2.68 bits per heavy atom. The number of benzene rings is 1. The van der Waals surface area contributed by atoms with Gasteiger partial charge in [-0.05, 0) is 37.3 Å². The Balaban J connectivity index is 2.25. The largest absolute Gasteiger partial charge is 0.418 e. The van der Waals surface area contributed by atoms with Crippen molar-refractivity contribution < 1.29 is 13.2 Å². The standard InChI is InChI=1S/C13H15BrF3NS/c1-19-12-4-2-3-11(12)18-10-6-5-8(14)7-9(10)13(15,16)17/h5-7,11-12,18H,2-4H2,1H3. The first-order valence-electron chi connectivity index (χ1n) is 6.08. The minimum Gasteiger partial charge on any atom is -0.381 e. The van der Waals surface area contributed by atoms with Gasteiger partial charge >= 0.3 is 6.18 Å². The maximum atomic E-state index is 13.0. The Labute approximate surface area is 123 Å². The molecule has 1 N–H and O–H groups in total. The zero-order valence-corrected chi connectivity index (χ0v) is 12.8. The van der Waals surface area contributed by atoms with Crippen LogP contribution >= 0.6 is 27.7 Å². The molecule has 2 unspecified atom stereocenters. The van der Waals surface area contributed by atoms with Crippen LogP contribution in [0.3, 0.4) is 0 Å². The van der Waals surface area contributed by atoms with Gasteiger partial charge in [-0.25, -0.2) is 0 Å². The van der Waals surface area contributed by atoms with Crippen molar-refractivity contribution in [3.63, 3.8) is 0 Å². The number of thioether (sulfide) groups is 1. The lowest BCUT2D eigenvalue weighted by atomic mass is 10.1. The van der Waals surface area contributed by atoms with Crippen LogP contribution in [0.4, 0.5) is 18.9 Å². The third-order valence-electron chi connectivity index (χ3n) is 3.38. The molecule has 6 heteroatoms. The number of alkyl halides is 3. The van der Waals surface area contributed by atoms with Crippen molar-refractivity contribution in [3.8, 4) is 0 Å². The maximum absolute atomic E-state index is 13.0. The van der Waals surface area contributed by atoms with Gasteiger partial charge in [0.15, 0.2) is 0 Å². The topological polar surface area (TPSA) is 12.0 Å². The highest BCUT2D eigenvalue weighted by molar-refractivity contribution is 9.10. The lowest BCUT2D eigenvalue weighted by molar-refractivity contribution is -0.137. The molecule has 19 heavy (non-hydrogen) atoms. The Kier molecular flexibility index (Phi) is 4.71. The van der Waals surface area contributed by atoms with E-state index in [-0.39, 0.29) is 11.7 Å². The summed E-state index contributed by atoms with van der Waals surface area (Å²) < 4.78 is 39.5. The molecule has 0 heterocycles. The van der Waals surface area contributed by atoms with E-state index in [1.165, 1.54) is 6.07 Å². The molecular weight excluding hydrogens is 339 g/mol. The first kappa shape index (κ1) is 15.0. The number of halogens is 4. The van der Waals surface area contributed by atoms with E-state index in [0.717, 1.165) is 25.3 Å². The molecule has 106 valence electrons. The van der Waals surface area contributed by atoms with Gasteiger partial charge in [0.05, 0.1) is 5.56 Å². The van der Waals surface area contributed by atoms with Gasteiger partial charge in [0, 0.05) is 21.5 Å². The maximum Gasteiger partial charge on any atom is 0.418 e. The molecule has 2 rings (SSSR count). The number of rotatable bonds is 3. The van der Waals surface area contributed by atoms with E-state index in [9.17, 15) is 13.2 Å². The Morgan fingerprint density at radius 2 is 2.05 bits per heavy atom. The number of hydrogen-bond donors (Lipinski definition) is 1. The highest BCUT2D eigenvalue weighted by atomic mass is 79.9. The summed E-state index contributed by atoms with van der Waals surface area (Å²) in [6.07, 6.45) is 0.743. The van der Waals surface area contributed by atoms with Gasteiger partial charge < -0.3 is 5.32 Å². The second kappa shape index (κ2) is 5.95. The fourth-order valence-electron chi connectivity index (χ4n) is 2.45. The lowest BCUT2D eigenvalue weighted by Gasteiger charge is -2.23. The molecule has 0 saturated heterocycles. The van der Waals surface area contributed by atoms with Crippen LogP contribution in [0, 0.1) is 0 Å². The predicted octanol–water partition coefficient (Wildman–Crippen LogP) is 5.16. The molecule has 2 atom stereocenters. The van der Waals surface area contributed by atoms with E-state index in [4.69, 9.17) is 0 Å². The monoisotopic (exact) mass is 353 g/mol. The van der Waals surface area contributed by atoms with E-state index in [1.807, 2.05) is 6.26 Å². The van der Waals surface area contributed by atoms with Gasteiger partial charge in [0.1, 0.15) is 0 Å². The first-order valence-corrected chi connectivity index (χ1v) is 8.16. The number of hydrogen-bond acceptors (Lipinski definition) is 2. The third-order valence-corrected chi connectivity index (χ3v) is 5.05. The zero-order valence-electron chi connectivity index (χ0n) is 10.4. The van der Waals surface area contributed by atoms with Crippen molar-refractivity contribution in [2.45, 2.75) is 36.7 Å². The molecule has 0 bridgehead atoms. The second-order valence-corrected chi connectivity index (χ2v) is 6.64. The Hall–Kier alpha value is -0.360. The molecule has 1 aliphatic carbocycles. The fraction of sp³-hybridized carbons (Fsp3) is 0.538. The van der Waals surface area contributed by atoms with Crippen LogP contribution in [-0.2, 0) is 6.18 Å². The van der Waals surface area contributed by atoms with Gasteiger partial charge in [-0.2, -0.15) is 24.9 Å². The molecule has 0 spiro atoms. The van der Waals surface area contributed by atoms with Gasteiger partial charge in [0.25, 0.3) is 0 Å². The summed E-state index contributed by atoms with van der Waals surface area (Å²) >= 11 is 4.82. The molecule has 1 aromatic carbocycles. The van der Waals surface area contributed by atoms with Crippen LogP contribution < -0.4 is 5.32 Å². The zero-order chi connectivity index (χ0) is 14.0. The van der Waals surface area contributed by atoms with Crippen LogP contribution in [-0.4, -0.2) is 17.5 Å². The molecule has 1 saturated carbocycles. The van der Waals surface area contributed by atoms with Crippen LogP contribution in [0.2, 0.25) is 0 Å². The Bertz CT molecular complexity index is 450. The summed E-state index contributed by atoms with van der Waals surface area (Å²) in [6, 6.07) is 4.39. The van der Waals surface area contributed by atoms with Gasteiger partial charge in [-0.3, -0.25) is 0 Å². The van der Waals surface area contributed by atoms with Gasteiger partial charge in [-0.15, -0.1) is 0 Å². The lowest BCUT2D eigenvalue weighted by Crippen LogP contribution is -2.27. The van der Waals surface area contributed by atoms with Gasteiger partial charge in [0.2, 0.25) is 0 Å². The summed E-state index contributed by atoms with van der Waals surface area (Å²) in [6.45, 7) is 0. The van der Waals surface area contributed by atoms with Crippen molar-refractivity contribution in [1.82, 2.24) is 0 Å². The van der Waals surface area contributed by atoms with Crippen molar-refractivity contribution in [2.24, 2.45) is 0 Å². The van der Waals surface area contributed by atoms with E-state index in [0.29, 0.717) is 9.72 Å². The summed E-state index contributed by atoms with van der Waals surface area (Å²) in [5.41, 5.74) is -0.421. The van der Waals surface area contributed by atoms with Crippen LogP contribution in [0.5, 0.6) is 0 Å². The smallest absolute Gasteiger partial charge is 0.381 e. The van der Waals surface area contributed by atoms with Gasteiger partial charge in [-0.1, -0.05) is 22.4 Å². The number of nitrogens with one attached hydrogen (secondary N) is 1. The normalized spacial score (nSPS) is 23.6. The van der Waals surface area contributed by atoms with E-state index >= 15 is 0 Å². The minimum atomic E-state index is -4.33. The van der Waals surface area contributed by atoms with Crippen molar-refractivity contribution in [2.75, 3.05) is 11.6 Å². The molecule has 1 fully saturated rings. The quantitative estimate of drug-likeness (QED) is 0.804. The summed E-state index contributed by atoms with van der Waals surface area (Å²) in [5, 5.41) is 3.48.